The molecule has 0 spiro atoms. The molecule has 0 fully saturated rings. The van der Waals surface area contributed by atoms with Crippen LogP contribution in [0.5, 0.6) is 5.75 Å². The number of fused-ring (bicyclic) bond motifs is 1. The molecule has 0 saturated carbocycles. The zero-order valence-corrected chi connectivity index (χ0v) is 15.1. The fourth-order valence-corrected chi connectivity index (χ4v) is 3.95. The number of nitrogens with one attached hydrogen (secondary N) is 1. The number of sulfonamides is 1. The maximum absolute atomic E-state index is 12.8. The third-order valence-corrected chi connectivity index (χ3v) is 5.12. The first kappa shape index (κ1) is 16.7. The van der Waals surface area contributed by atoms with Crippen molar-refractivity contribution in [3.05, 3.63) is 53.3 Å². The second kappa shape index (κ2) is 6.74. The van der Waals surface area contributed by atoms with E-state index in [1.807, 2.05) is 6.07 Å². The van der Waals surface area contributed by atoms with Crippen LogP contribution in [0.3, 0.4) is 0 Å². The number of rotatable bonds is 5. The Morgan fingerprint density at radius 2 is 1.96 bits per heavy atom. The van der Waals surface area contributed by atoms with Crippen LogP contribution in [0.2, 0.25) is 0 Å². The minimum absolute atomic E-state index is 0.0430. The summed E-state index contributed by atoms with van der Waals surface area (Å²) in [6.45, 7) is 2.16. The monoisotopic (exact) mass is 407 g/mol. The molecule has 24 heavy (non-hydrogen) atoms. The van der Waals surface area contributed by atoms with Gasteiger partial charge in [0.1, 0.15) is 17.0 Å². The van der Waals surface area contributed by atoms with Gasteiger partial charge in [0.05, 0.1) is 12.1 Å². The van der Waals surface area contributed by atoms with Gasteiger partial charge in [0.2, 0.25) is 0 Å². The van der Waals surface area contributed by atoms with Gasteiger partial charge in [0.25, 0.3) is 10.0 Å². The summed E-state index contributed by atoms with van der Waals surface area (Å²) in [5.41, 5.74) is 0.657. The van der Waals surface area contributed by atoms with Crippen molar-refractivity contribution >= 4 is 42.7 Å². The van der Waals surface area contributed by atoms with Crippen LogP contribution in [0.25, 0.3) is 10.9 Å². The Morgan fingerprint density at radius 1 is 1.17 bits per heavy atom. The Hall–Kier alpha value is -2.19. The van der Waals surface area contributed by atoms with Gasteiger partial charge in [0, 0.05) is 9.86 Å². The van der Waals surface area contributed by atoms with Crippen LogP contribution in [-0.2, 0) is 10.0 Å². The zero-order valence-electron chi connectivity index (χ0n) is 12.7. The van der Waals surface area contributed by atoms with E-state index in [1.54, 1.807) is 37.3 Å². The number of para-hydroxylation sites is 1. The Kier molecular flexibility index (Phi) is 4.68. The molecule has 0 aliphatic carbocycles. The van der Waals surface area contributed by atoms with Crippen molar-refractivity contribution in [1.29, 1.82) is 0 Å². The van der Waals surface area contributed by atoms with E-state index in [-0.39, 0.29) is 16.5 Å². The van der Waals surface area contributed by atoms with Gasteiger partial charge in [-0.3, -0.25) is 4.72 Å². The van der Waals surface area contributed by atoms with Gasteiger partial charge in [-0.05, 0) is 37.3 Å². The van der Waals surface area contributed by atoms with Crippen LogP contribution >= 0.6 is 15.9 Å². The van der Waals surface area contributed by atoms with Gasteiger partial charge in [0.15, 0.2) is 5.82 Å². The summed E-state index contributed by atoms with van der Waals surface area (Å²) in [6, 6.07) is 12.0. The summed E-state index contributed by atoms with van der Waals surface area (Å²) in [7, 11) is -3.88. The van der Waals surface area contributed by atoms with Crippen molar-refractivity contribution in [3.8, 4) is 5.75 Å². The fraction of sp³-hybridized carbons (Fsp3) is 0.125. The average Bonchev–Trinajstić information content (AvgIpc) is 2.57. The second-order valence-electron chi connectivity index (χ2n) is 4.87. The highest BCUT2D eigenvalue weighted by Gasteiger charge is 2.22. The third kappa shape index (κ3) is 3.34. The lowest BCUT2D eigenvalue weighted by atomic mass is 10.2. The maximum Gasteiger partial charge on any atom is 0.266 e. The molecule has 0 radical (unpaired) electrons. The topological polar surface area (TPSA) is 81.2 Å². The van der Waals surface area contributed by atoms with Crippen molar-refractivity contribution in [2.45, 2.75) is 11.8 Å². The van der Waals surface area contributed by atoms with Crippen LogP contribution in [0.4, 0.5) is 5.82 Å². The summed E-state index contributed by atoms with van der Waals surface area (Å²) in [5, 5.41) is 0.622. The lowest BCUT2D eigenvalue weighted by Crippen LogP contribution is -2.16. The first-order chi connectivity index (χ1) is 11.5. The molecule has 1 heterocycles. The van der Waals surface area contributed by atoms with Crippen molar-refractivity contribution in [2.75, 3.05) is 11.3 Å². The molecule has 2 aromatic carbocycles. The zero-order chi connectivity index (χ0) is 17.2. The second-order valence-corrected chi connectivity index (χ2v) is 7.44. The summed E-state index contributed by atoms with van der Waals surface area (Å²) in [6.07, 6.45) is 1.32. The summed E-state index contributed by atoms with van der Waals surface area (Å²) < 4.78 is 34.2. The highest BCUT2D eigenvalue weighted by Crippen LogP contribution is 2.30. The predicted octanol–water partition coefficient (Wildman–Crippen LogP) is 3.59. The normalized spacial score (nSPS) is 11.4. The molecule has 1 N–H and O–H groups in total. The minimum atomic E-state index is -3.88. The van der Waals surface area contributed by atoms with Crippen LogP contribution in [0, 0.1) is 0 Å². The van der Waals surface area contributed by atoms with Crippen LogP contribution in [0.1, 0.15) is 6.92 Å². The molecular formula is C16H14BrN3O3S. The van der Waals surface area contributed by atoms with Gasteiger partial charge in [-0.2, -0.15) is 0 Å². The van der Waals surface area contributed by atoms with Crippen LogP contribution in [0.15, 0.2) is 58.2 Å². The van der Waals surface area contributed by atoms with Gasteiger partial charge in [-0.1, -0.05) is 28.1 Å². The molecule has 3 aromatic rings. The summed E-state index contributed by atoms with van der Waals surface area (Å²) >= 11 is 3.29. The van der Waals surface area contributed by atoms with Gasteiger partial charge < -0.3 is 4.74 Å². The molecule has 3 rings (SSSR count). The van der Waals surface area contributed by atoms with E-state index >= 15 is 0 Å². The molecule has 0 aliphatic heterocycles. The number of hydrogen-bond acceptors (Lipinski definition) is 5. The van der Waals surface area contributed by atoms with E-state index in [0.717, 1.165) is 0 Å². The summed E-state index contributed by atoms with van der Waals surface area (Å²) in [4.78, 5) is 8.23. The van der Waals surface area contributed by atoms with Crippen molar-refractivity contribution in [2.24, 2.45) is 0 Å². The van der Waals surface area contributed by atoms with E-state index in [9.17, 15) is 8.42 Å². The van der Waals surface area contributed by atoms with E-state index < -0.39 is 10.0 Å². The number of ether oxygens (including phenoxy) is 1. The van der Waals surface area contributed by atoms with Gasteiger partial charge in [-0.15, -0.1) is 0 Å². The molecule has 6 nitrogen and oxygen atoms in total. The molecule has 124 valence electrons. The molecular weight excluding hydrogens is 394 g/mol. The highest BCUT2D eigenvalue weighted by atomic mass is 79.9. The minimum Gasteiger partial charge on any atom is -0.492 e. The van der Waals surface area contributed by atoms with Crippen LogP contribution in [-0.4, -0.2) is 25.0 Å². The fourth-order valence-electron chi connectivity index (χ4n) is 2.24. The molecule has 1 aromatic heterocycles. The first-order valence-electron chi connectivity index (χ1n) is 7.16. The quantitative estimate of drug-likeness (QED) is 0.698. The molecule has 0 unspecified atom stereocenters. The Bertz CT molecular complexity index is 988. The summed E-state index contributed by atoms with van der Waals surface area (Å²) in [5.74, 6) is 0.509. The highest BCUT2D eigenvalue weighted by molar-refractivity contribution is 9.10. The Labute approximate surface area is 148 Å². The third-order valence-electron chi connectivity index (χ3n) is 3.27. The molecule has 0 aliphatic rings. The number of benzene rings is 2. The SMILES string of the molecule is CCOc1ccc(Br)cc1S(=O)(=O)Nc1ncnc2ccccc12. The lowest BCUT2D eigenvalue weighted by Gasteiger charge is -2.13. The molecule has 0 saturated heterocycles. The van der Waals surface area contributed by atoms with E-state index in [1.165, 1.54) is 12.4 Å². The predicted molar refractivity (Wildman–Crippen MR) is 95.7 cm³/mol. The number of hydrogen-bond donors (Lipinski definition) is 1. The molecule has 0 bridgehead atoms. The Balaban J connectivity index is 2.07. The Morgan fingerprint density at radius 3 is 2.75 bits per heavy atom. The maximum atomic E-state index is 12.8. The molecule has 0 atom stereocenters. The average molecular weight is 408 g/mol. The number of anilines is 1. The van der Waals surface area contributed by atoms with Gasteiger partial charge in [-0.25, -0.2) is 18.4 Å². The number of nitrogens with zero attached hydrogens (tertiary/aromatic N) is 2. The lowest BCUT2D eigenvalue weighted by molar-refractivity contribution is 0.331. The first-order valence-corrected chi connectivity index (χ1v) is 9.44. The van der Waals surface area contributed by atoms with Gasteiger partial charge >= 0.3 is 0 Å². The smallest absolute Gasteiger partial charge is 0.266 e. The van der Waals surface area contributed by atoms with Crippen LogP contribution < -0.4 is 9.46 Å². The van der Waals surface area contributed by atoms with E-state index in [4.69, 9.17) is 4.74 Å². The number of aromatic nitrogens is 2. The largest absolute Gasteiger partial charge is 0.492 e. The van der Waals surface area contributed by atoms with Crippen molar-refractivity contribution < 1.29 is 13.2 Å². The van der Waals surface area contributed by atoms with E-state index in [2.05, 4.69) is 30.6 Å². The van der Waals surface area contributed by atoms with Crippen molar-refractivity contribution in [1.82, 2.24) is 9.97 Å². The standard InChI is InChI=1S/C16H14BrN3O3S/c1-2-23-14-8-7-11(17)9-15(14)24(21,22)20-16-12-5-3-4-6-13(12)18-10-19-16/h3-10H,2H2,1H3,(H,18,19,20). The molecule has 8 heteroatoms. The molecule has 0 amide bonds. The van der Waals surface area contributed by atoms with Crippen molar-refractivity contribution in [3.63, 3.8) is 0 Å². The number of halogens is 1. The van der Waals surface area contributed by atoms with E-state index in [0.29, 0.717) is 22.0 Å².